The van der Waals surface area contributed by atoms with E-state index in [9.17, 15) is 19.7 Å². The second-order valence-corrected chi connectivity index (χ2v) is 8.35. The summed E-state index contributed by atoms with van der Waals surface area (Å²) in [6.07, 6.45) is -0.180. The first kappa shape index (κ1) is 23.9. The first-order chi connectivity index (χ1) is 14.5. The highest BCUT2D eigenvalue weighted by Gasteiger charge is 2.29. The van der Waals surface area contributed by atoms with Crippen LogP contribution >= 0.6 is 0 Å². The molecule has 0 spiro atoms. The zero-order valence-electron chi connectivity index (χ0n) is 18.5. The Hall–Kier alpha value is -3.42. The number of hydrogen-bond donors (Lipinski definition) is 1. The predicted molar refractivity (Wildman–Crippen MR) is 118 cm³/mol. The topological polar surface area (TPSA) is 102 Å². The van der Waals surface area contributed by atoms with Crippen molar-refractivity contribution in [3.05, 3.63) is 69.8 Å². The van der Waals surface area contributed by atoms with Crippen molar-refractivity contribution in [1.29, 1.82) is 0 Å². The number of nitrogens with one attached hydrogen (secondary N) is 1. The highest BCUT2D eigenvalue weighted by Crippen LogP contribution is 2.21. The Labute approximate surface area is 182 Å². The second kappa shape index (κ2) is 10.1. The molecule has 0 bridgehead atoms. The van der Waals surface area contributed by atoms with Crippen molar-refractivity contribution in [1.82, 2.24) is 10.2 Å². The monoisotopic (exact) mass is 427 g/mol. The van der Waals surface area contributed by atoms with Gasteiger partial charge in [-0.25, -0.2) is 0 Å². The van der Waals surface area contributed by atoms with E-state index in [1.807, 2.05) is 32.9 Å². The normalized spacial score (nSPS) is 12.0. The predicted octanol–water partition coefficient (Wildman–Crippen LogP) is 3.48. The Bertz CT molecular complexity index is 935. The number of hydrogen-bond acceptors (Lipinski definition) is 5. The average molecular weight is 428 g/mol. The number of para-hydroxylation sites is 1. The van der Waals surface area contributed by atoms with Crippen molar-refractivity contribution in [3.8, 4) is 5.75 Å². The molecule has 0 saturated carbocycles. The Morgan fingerprint density at radius 3 is 2.29 bits per heavy atom. The summed E-state index contributed by atoms with van der Waals surface area (Å²) in [5, 5.41) is 14.2. The fourth-order valence-electron chi connectivity index (χ4n) is 3.09. The van der Waals surface area contributed by atoms with Crippen LogP contribution in [0.5, 0.6) is 5.75 Å². The lowest BCUT2D eigenvalue weighted by Crippen LogP contribution is -2.52. The Morgan fingerprint density at radius 1 is 1.13 bits per heavy atom. The van der Waals surface area contributed by atoms with Gasteiger partial charge in [0.1, 0.15) is 11.8 Å². The number of nitro benzene ring substituents is 1. The minimum absolute atomic E-state index is 0.118. The zero-order valence-corrected chi connectivity index (χ0v) is 18.5. The quantitative estimate of drug-likeness (QED) is 0.513. The third-order valence-electron chi connectivity index (χ3n) is 4.71. The van der Waals surface area contributed by atoms with E-state index in [0.717, 1.165) is 5.56 Å². The molecule has 1 atom stereocenters. The lowest BCUT2D eigenvalue weighted by molar-refractivity contribution is -0.385. The van der Waals surface area contributed by atoms with Gasteiger partial charge in [-0.3, -0.25) is 19.7 Å². The summed E-state index contributed by atoms with van der Waals surface area (Å²) in [4.78, 5) is 38.3. The molecule has 0 saturated heterocycles. The number of carbonyl (C=O) groups is 2. The highest BCUT2D eigenvalue weighted by molar-refractivity contribution is 5.88. The summed E-state index contributed by atoms with van der Waals surface area (Å²) >= 11 is 0. The van der Waals surface area contributed by atoms with Crippen LogP contribution in [0.4, 0.5) is 5.69 Å². The Balaban J connectivity index is 2.32. The summed E-state index contributed by atoms with van der Waals surface area (Å²) in [6.45, 7) is 7.42. The molecule has 8 nitrogen and oxygen atoms in total. The number of nitro groups is 1. The van der Waals surface area contributed by atoms with Crippen LogP contribution in [0.3, 0.4) is 0 Å². The molecule has 0 fully saturated rings. The molecule has 2 rings (SSSR count). The van der Waals surface area contributed by atoms with Gasteiger partial charge in [0.05, 0.1) is 18.5 Å². The lowest BCUT2D eigenvalue weighted by atomic mass is 10.1. The maximum absolute atomic E-state index is 13.2. The molecule has 2 amide bonds. The Kier molecular flexibility index (Phi) is 7.74. The zero-order chi connectivity index (χ0) is 23.2. The molecular weight excluding hydrogens is 398 g/mol. The SMILES string of the molecule is COc1ccc(CN(C(=O)Cc2ccccc2[N+](=O)[O-])[C@@H](C)C(=O)NC(C)(C)C)cc1. The van der Waals surface area contributed by atoms with Crippen LogP contribution in [0.25, 0.3) is 0 Å². The summed E-state index contributed by atoms with van der Waals surface area (Å²) < 4.78 is 5.17. The van der Waals surface area contributed by atoms with Crippen LogP contribution < -0.4 is 10.1 Å². The smallest absolute Gasteiger partial charge is 0.273 e. The van der Waals surface area contributed by atoms with E-state index in [1.54, 1.807) is 44.4 Å². The van der Waals surface area contributed by atoms with E-state index in [4.69, 9.17) is 4.74 Å². The number of methoxy groups -OCH3 is 1. The maximum Gasteiger partial charge on any atom is 0.273 e. The molecule has 0 aliphatic heterocycles. The van der Waals surface area contributed by atoms with Crippen molar-refractivity contribution < 1.29 is 19.2 Å². The van der Waals surface area contributed by atoms with E-state index >= 15 is 0 Å². The lowest BCUT2D eigenvalue weighted by Gasteiger charge is -2.31. The van der Waals surface area contributed by atoms with Crippen molar-refractivity contribution in [2.45, 2.75) is 52.2 Å². The van der Waals surface area contributed by atoms with Crippen LogP contribution in [0, 0.1) is 10.1 Å². The molecule has 0 aliphatic rings. The molecule has 0 aliphatic carbocycles. The molecule has 2 aromatic rings. The summed E-state index contributed by atoms with van der Waals surface area (Å²) in [7, 11) is 1.57. The molecule has 0 aromatic heterocycles. The van der Waals surface area contributed by atoms with Gasteiger partial charge in [-0.1, -0.05) is 30.3 Å². The number of nitrogens with zero attached hydrogens (tertiary/aromatic N) is 2. The van der Waals surface area contributed by atoms with Crippen LogP contribution in [0.15, 0.2) is 48.5 Å². The molecule has 1 N–H and O–H groups in total. The minimum Gasteiger partial charge on any atom is -0.497 e. The van der Waals surface area contributed by atoms with Gasteiger partial charge in [0.15, 0.2) is 0 Å². The first-order valence-corrected chi connectivity index (χ1v) is 9.98. The van der Waals surface area contributed by atoms with E-state index in [1.165, 1.54) is 11.0 Å². The summed E-state index contributed by atoms with van der Waals surface area (Å²) in [5.41, 5.74) is 0.540. The fraction of sp³-hybridized carbons (Fsp3) is 0.391. The summed E-state index contributed by atoms with van der Waals surface area (Å²) in [5.74, 6) is 0.0126. The molecule has 166 valence electrons. The van der Waals surface area contributed by atoms with Crippen molar-refractivity contribution in [2.75, 3.05) is 7.11 Å². The van der Waals surface area contributed by atoms with Crippen LogP contribution in [0.1, 0.15) is 38.8 Å². The largest absolute Gasteiger partial charge is 0.497 e. The number of rotatable bonds is 8. The third kappa shape index (κ3) is 6.80. The van der Waals surface area contributed by atoms with E-state index in [-0.39, 0.29) is 30.5 Å². The Morgan fingerprint density at radius 2 is 1.74 bits per heavy atom. The molecule has 0 radical (unpaired) electrons. The van der Waals surface area contributed by atoms with Crippen LogP contribution in [-0.2, 0) is 22.6 Å². The summed E-state index contributed by atoms with van der Waals surface area (Å²) in [6, 6.07) is 12.6. The van der Waals surface area contributed by atoms with Gasteiger partial charge in [-0.05, 0) is 45.4 Å². The highest BCUT2D eigenvalue weighted by atomic mass is 16.6. The van der Waals surface area contributed by atoms with Crippen LogP contribution in [-0.4, -0.2) is 40.3 Å². The van der Waals surface area contributed by atoms with Crippen molar-refractivity contribution in [3.63, 3.8) is 0 Å². The molecule has 0 unspecified atom stereocenters. The molecule has 8 heteroatoms. The van der Waals surface area contributed by atoms with Crippen LogP contribution in [0.2, 0.25) is 0 Å². The fourth-order valence-corrected chi connectivity index (χ4v) is 3.09. The standard InChI is InChI=1S/C23H29N3O5/c1-16(22(28)24-23(2,3)4)25(15-17-10-12-19(31-5)13-11-17)21(27)14-18-8-6-7-9-20(18)26(29)30/h6-13,16H,14-15H2,1-5H3,(H,24,28)/t16-/m0/s1. The average Bonchev–Trinajstić information content (AvgIpc) is 2.70. The number of ether oxygens (including phenoxy) is 1. The van der Waals surface area contributed by atoms with E-state index < -0.39 is 16.5 Å². The van der Waals surface area contributed by atoms with Gasteiger partial charge < -0.3 is 15.0 Å². The van der Waals surface area contributed by atoms with Gasteiger partial charge >= 0.3 is 0 Å². The molecule has 0 heterocycles. The molecule has 2 aromatic carbocycles. The number of carbonyl (C=O) groups excluding carboxylic acids is 2. The number of amides is 2. The van der Waals surface area contributed by atoms with Gasteiger partial charge in [0.2, 0.25) is 11.8 Å². The molecule has 31 heavy (non-hydrogen) atoms. The maximum atomic E-state index is 13.2. The van der Waals surface area contributed by atoms with E-state index in [2.05, 4.69) is 5.32 Å². The minimum atomic E-state index is -0.767. The van der Waals surface area contributed by atoms with Gasteiger partial charge in [-0.2, -0.15) is 0 Å². The third-order valence-corrected chi connectivity index (χ3v) is 4.71. The van der Waals surface area contributed by atoms with Gasteiger partial charge in [0, 0.05) is 23.7 Å². The van der Waals surface area contributed by atoms with E-state index in [0.29, 0.717) is 11.3 Å². The van der Waals surface area contributed by atoms with Crippen molar-refractivity contribution >= 4 is 17.5 Å². The van der Waals surface area contributed by atoms with Gasteiger partial charge in [0.25, 0.3) is 5.69 Å². The van der Waals surface area contributed by atoms with Gasteiger partial charge in [-0.15, -0.1) is 0 Å². The molecular formula is C23H29N3O5. The second-order valence-electron chi connectivity index (χ2n) is 8.35. The number of benzene rings is 2. The first-order valence-electron chi connectivity index (χ1n) is 9.98. The van der Waals surface area contributed by atoms with Crippen molar-refractivity contribution in [2.24, 2.45) is 0 Å².